The molecule has 1 fully saturated rings. The molecule has 1 saturated heterocycles. The van der Waals surface area contributed by atoms with Crippen LogP contribution in [-0.4, -0.2) is 36.1 Å². The predicted octanol–water partition coefficient (Wildman–Crippen LogP) is 2.69. The summed E-state index contributed by atoms with van der Waals surface area (Å²) in [5, 5.41) is 3.45. The Kier molecular flexibility index (Phi) is 4.52. The van der Waals surface area contributed by atoms with Crippen LogP contribution in [0.1, 0.15) is 43.1 Å². The average Bonchev–Trinajstić information content (AvgIpc) is 2.95. The average molecular weight is 296 g/mol. The first-order chi connectivity index (χ1) is 9.38. The third-order valence-corrected chi connectivity index (χ3v) is 4.85. The van der Waals surface area contributed by atoms with E-state index < -0.39 is 0 Å². The number of nitrogens with zero attached hydrogens (tertiary/aromatic N) is 1. The van der Waals surface area contributed by atoms with Crippen LogP contribution in [0, 0.1) is 6.92 Å². The molecule has 1 aromatic rings. The third kappa shape index (κ3) is 3.05. The molecule has 0 bridgehead atoms. The molecule has 2 atom stereocenters. The lowest BCUT2D eigenvalue weighted by Crippen LogP contribution is -2.43. The van der Waals surface area contributed by atoms with Gasteiger partial charge in [0.25, 0.3) is 0 Å². The lowest BCUT2D eigenvalue weighted by atomic mass is 10.1. The van der Waals surface area contributed by atoms with Crippen LogP contribution in [0.3, 0.4) is 0 Å². The van der Waals surface area contributed by atoms with Gasteiger partial charge in [0.05, 0.1) is 18.2 Å². The van der Waals surface area contributed by atoms with E-state index in [9.17, 15) is 4.79 Å². The monoisotopic (exact) mass is 296 g/mol. The summed E-state index contributed by atoms with van der Waals surface area (Å²) in [6.45, 7) is 8.74. The highest BCUT2D eigenvalue weighted by Gasteiger charge is 2.41. The van der Waals surface area contributed by atoms with Crippen LogP contribution in [0.5, 0.6) is 0 Å². The van der Waals surface area contributed by atoms with Crippen LogP contribution in [0.15, 0.2) is 12.1 Å². The summed E-state index contributed by atoms with van der Waals surface area (Å²) in [7, 11) is 1.69. The summed E-state index contributed by atoms with van der Waals surface area (Å²) in [4.78, 5) is 16.9. The van der Waals surface area contributed by atoms with Gasteiger partial charge in [-0.25, -0.2) is 0 Å². The number of rotatable bonds is 5. The second-order valence-corrected chi connectivity index (χ2v) is 7.23. The maximum absolute atomic E-state index is 12.5. The number of amides is 1. The van der Waals surface area contributed by atoms with E-state index in [2.05, 4.69) is 24.4 Å². The van der Waals surface area contributed by atoms with Gasteiger partial charge in [0.2, 0.25) is 5.91 Å². The van der Waals surface area contributed by atoms with E-state index in [1.54, 1.807) is 18.4 Å². The van der Waals surface area contributed by atoms with Crippen molar-refractivity contribution in [2.45, 2.75) is 51.9 Å². The molecule has 4 nitrogen and oxygen atoms in total. The molecule has 1 aromatic heterocycles. The molecule has 112 valence electrons. The number of methoxy groups -OCH3 is 1. The maximum Gasteiger partial charge on any atom is 0.241 e. The Hall–Kier alpha value is -0.910. The van der Waals surface area contributed by atoms with Gasteiger partial charge in [0, 0.05) is 16.9 Å². The van der Waals surface area contributed by atoms with Gasteiger partial charge in [-0.05, 0) is 39.3 Å². The first-order valence-corrected chi connectivity index (χ1v) is 7.87. The van der Waals surface area contributed by atoms with Gasteiger partial charge < -0.3 is 9.64 Å². The largest absolute Gasteiger partial charge is 0.377 e. The lowest BCUT2D eigenvalue weighted by molar-refractivity contribution is -0.133. The number of thiophene rings is 1. The molecular formula is C15H24N2O2S. The van der Waals surface area contributed by atoms with Gasteiger partial charge in [-0.1, -0.05) is 6.92 Å². The maximum atomic E-state index is 12.5. The van der Waals surface area contributed by atoms with Crippen molar-refractivity contribution in [1.29, 1.82) is 0 Å². The van der Waals surface area contributed by atoms with E-state index in [1.807, 2.05) is 25.7 Å². The smallest absolute Gasteiger partial charge is 0.241 e. The molecule has 0 spiro atoms. The molecular weight excluding hydrogens is 272 g/mol. The van der Waals surface area contributed by atoms with Crippen LogP contribution < -0.4 is 5.32 Å². The molecule has 2 heterocycles. The standard InChI is InChI=1S/C15H24N2O2S/c1-6-11-14(18)17(9-15(3,4)19-5)13(16-11)12-8-7-10(2)20-12/h7-8,11,13,16H,6,9H2,1-5H3. The first kappa shape index (κ1) is 15.5. The Bertz CT molecular complexity index is 484. The van der Waals surface area contributed by atoms with Crippen molar-refractivity contribution >= 4 is 17.2 Å². The van der Waals surface area contributed by atoms with E-state index in [-0.39, 0.29) is 23.7 Å². The molecule has 1 amide bonds. The molecule has 20 heavy (non-hydrogen) atoms. The fourth-order valence-corrected chi connectivity index (χ4v) is 3.40. The zero-order valence-corrected chi connectivity index (χ0v) is 13.7. The Balaban J connectivity index is 2.26. The highest BCUT2D eigenvalue weighted by molar-refractivity contribution is 7.12. The molecule has 2 unspecified atom stereocenters. The molecule has 2 rings (SSSR count). The number of nitrogens with one attached hydrogen (secondary N) is 1. The number of ether oxygens (including phenoxy) is 1. The van der Waals surface area contributed by atoms with Crippen molar-refractivity contribution in [2.24, 2.45) is 0 Å². The molecule has 0 aliphatic carbocycles. The third-order valence-electron chi connectivity index (χ3n) is 3.79. The lowest BCUT2D eigenvalue weighted by Gasteiger charge is -2.32. The van der Waals surface area contributed by atoms with E-state index in [1.165, 1.54) is 9.75 Å². The van der Waals surface area contributed by atoms with Crippen LogP contribution in [0.2, 0.25) is 0 Å². The summed E-state index contributed by atoms with van der Waals surface area (Å²) >= 11 is 1.74. The second-order valence-electron chi connectivity index (χ2n) is 5.91. The molecule has 1 N–H and O–H groups in total. The highest BCUT2D eigenvalue weighted by atomic mass is 32.1. The Morgan fingerprint density at radius 2 is 2.15 bits per heavy atom. The number of hydrogen-bond donors (Lipinski definition) is 1. The SMILES string of the molecule is CCC1NC(c2ccc(C)s2)N(CC(C)(C)OC)C1=O. The Labute approximate surface area is 125 Å². The van der Waals surface area contributed by atoms with E-state index in [0.717, 1.165) is 6.42 Å². The van der Waals surface area contributed by atoms with Gasteiger partial charge in [0.1, 0.15) is 6.17 Å². The summed E-state index contributed by atoms with van der Waals surface area (Å²) in [6.07, 6.45) is 0.782. The fourth-order valence-electron chi connectivity index (χ4n) is 2.45. The minimum Gasteiger partial charge on any atom is -0.377 e. The number of carbonyl (C=O) groups excluding carboxylic acids is 1. The molecule has 1 aliphatic heterocycles. The Morgan fingerprint density at radius 1 is 1.45 bits per heavy atom. The first-order valence-electron chi connectivity index (χ1n) is 7.06. The van der Waals surface area contributed by atoms with Crippen molar-refractivity contribution < 1.29 is 9.53 Å². The molecule has 0 saturated carbocycles. The van der Waals surface area contributed by atoms with E-state index in [0.29, 0.717) is 6.54 Å². The summed E-state index contributed by atoms with van der Waals surface area (Å²) in [6, 6.07) is 4.12. The van der Waals surface area contributed by atoms with Crippen molar-refractivity contribution in [3.8, 4) is 0 Å². The van der Waals surface area contributed by atoms with Gasteiger partial charge in [0.15, 0.2) is 0 Å². The predicted molar refractivity (Wildman–Crippen MR) is 81.8 cm³/mol. The topological polar surface area (TPSA) is 41.6 Å². The zero-order valence-electron chi connectivity index (χ0n) is 12.9. The van der Waals surface area contributed by atoms with Gasteiger partial charge >= 0.3 is 0 Å². The summed E-state index contributed by atoms with van der Waals surface area (Å²) < 4.78 is 5.49. The van der Waals surface area contributed by atoms with Crippen LogP contribution >= 0.6 is 11.3 Å². The second kappa shape index (κ2) is 5.84. The number of aryl methyl sites for hydroxylation is 1. The molecule has 5 heteroatoms. The van der Waals surface area contributed by atoms with Crippen molar-refractivity contribution in [1.82, 2.24) is 10.2 Å². The quantitative estimate of drug-likeness (QED) is 0.908. The number of carbonyl (C=O) groups is 1. The van der Waals surface area contributed by atoms with Crippen LogP contribution in [0.25, 0.3) is 0 Å². The molecule has 1 aliphatic rings. The molecule has 0 radical (unpaired) electrons. The minimum atomic E-state index is -0.343. The van der Waals surface area contributed by atoms with Crippen molar-refractivity contribution in [2.75, 3.05) is 13.7 Å². The zero-order chi connectivity index (χ0) is 14.9. The summed E-state index contributed by atoms with van der Waals surface area (Å²) in [5.74, 6) is 0.175. The van der Waals surface area contributed by atoms with E-state index in [4.69, 9.17) is 4.74 Å². The number of hydrogen-bond acceptors (Lipinski definition) is 4. The van der Waals surface area contributed by atoms with Crippen molar-refractivity contribution in [3.63, 3.8) is 0 Å². The minimum absolute atomic E-state index is 0.0272. The van der Waals surface area contributed by atoms with Crippen molar-refractivity contribution in [3.05, 3.63) is 21.9 Å². The van der Waals surface area contributed by atoms with Crippen LogP contribution in [0.4, 0.5) is 0 Å². The van der Waals surface area contributed by atoms with Gasteiger partial charge in [-0.3, -0.25) is 10.1 Å². The fraction of sp³-hybridized carbons (Fsp3) is 0.667. The van der Waals surface area contributed by atoms with Gasteiger partial charge in [-0.2, -0.15) is 0 Å². The van der Waals surface area contributed by atoms with E-state index >= 15 is 0 Å². The normalized spacial score (nSPS) is 23.6. The summed E-state index contributed by atoms with van der Waals surface area (Å²) in [5.41, 5.74) is -0.343. The van der Waals surface area contributed by atoms with Crippen LogP contribution in [-0.2, 0) is 9.53 Å². The Morgan fingerprint density at radius 3 is 2.65 bits per heavy atom. The van der Waals surface area contributed by atoms with Gasteiger partial charge in [-0.15, -0.1) is 11.3 Å². The highest BCUT2D eigenvalue weighted by Crippen LogP contribution is 2.32. The molecule has 0 aromatic carbocycles.